The van der Waals surface area contributed by atoms with Gasteiger partial charge in [-0.25, -0.2) is 0 Å². The van der Waals surface area contributed by atoms with E-state index in [1.165, 1.54) is 11.1 Å². The molecule has 3 aromatic rings. The molecule has 0 atom stereocenters. The van der Waals surface area contributed by atoms with E-state index in [2.05, 4.69) is 34.5 Å². The number of carbonyl (C=O) groups excluding carboxylic acids is 1. The van der Waals surface area contributed by atoms with E-state index in [1.54, 1.807) is 23.1 Å². The van der Waals surface area contributed by atoms with E-state index < -0.39 is 0 Å². The molecule has 3 rings (SSSR count). The minimum absolute atomic E-state index is 0.0375. The molecule has 1 aromatic carbocycles. The Bertz CT molecular complexity index is 800. The van der Waals surface area contributed by atoms with Gasteiger partial charge in [-0.15, -0.1) is 23.1 Å². The maximum atomic E-state index is 11.9. The molecule has 0 fully saturated rings. The van der Waals surface area contributed by atoms with Gasteiger partial charge in [-0.05, 0) is 29.5 Å². The number of aryl methyl sites for hydroxylation is 1. The fourth-order valence-corrected chi connectivity index (χ4v) is 3.67. The summed E-state index contributed by atoms with van der Waals surface area (Å²) >= 11 is 3.14. The van der Waals surface area contributed by atoms with Gasteiger partial charge in [-0.2, -0.15) is 4.98 Å². The lowest BCUT2D eigenvalue weighted by molar-refractivity contribution is -0.118. The van der Waals surface area contributed by atoms with Crippen LogP contribution in [0.2, 0.25) is 0 Å². The second kappa shape index (κ2) is 8.12. The smallest absolute Gasteiger partial charge is 0.246 e. The predicted molar refractivity (Wildman–Crippen MR) is 96.8 cm³/mol. The van der Waals surface area contributed by atoms with Gasteiger partial charge in [0, 0.05) is 5.75 Å². The van der Waals surface area contributed by atoms with Crippen LogP contribution in [0.5, 0.6) is 0 Å². The normalized spacial score (nSPS) is 10.7. The van der Waals surface area contributed by atoms with E-state index >= 15 is 0 Å². The fraction of sp³-hybridized carbons (Fsp3) is 0.235. The monoisotopic (exact) mass is 359 g/mol. The van der Waals surface area contributed by atoms with E-state index in [0.717, 1.165) is 10.6 Å². The molecule has 2 aromatic heterocycles. The van der Waals surface area contributed by atoms with Gasteiger partial charge < -0.3 is 9.84 Å². The third-order valence-electron chi connectivity index (χ3n) is 3.40. The number of aromatic nitrogens is 2. The van der Waals surface area contributed by atoms with Gasteiger partial charge in [-0.1, -0.05) is 35.5 Å². The summed E-state index contributed by atoms with van der Waals surface area (Å²) < 4.78 is 5.15. The average Bonchev–Trinajstić information content (AvgIpc) is 3.26. The zero-order valence-corrected chi connectivity index (χ0v) is 14.8. The minimum atomic E-state index is -0.0375. The molecule has 0 bridgehead atoms. The largest absolute Gasteiger partial charge is 0.346 e. The summed E-state index contributed by atoms with van der Waals surface area (Å²) in [5.41, 5.74) is 2.50. The van der Waals surface area contributed by atoms with Crippen LogP contribution in [0, 0.1) is 6.92 Å². The predicted octanol–water partition coefficient (Wildman–Crippen LogP) is 3.66. The number of carbonyl (C=O) groups is 1. The Morgan fingerprint density at radius 3 is 2.96 bits per heavy atom. The van der Waals surface area contributed by atoms with Crippen LogP contribution < -0.4 is 5.32 Å². The Hall–Kier alpha value is -2.12. The number of nitrogens with one attached hydrogen (secondary N) is 1. The first kappa shape index (κ1) is 16.7. The van der Waals surface area contributed by atoms with Crippen LogP contribution >= 0.6 is 23.1 Å². The zero-order chi connectivity index (χ0) is 16.8. The molecule has 0 spiro atoms. The van der Waals surface area contributed by atoms with E-state index in [9.17, 15) is 4.79 Å². The van der Waals surface area contributed by atoms with Gasteiger partial charge in [0.05, 0.1) is 17.2 Å². The average molecular weight is 359 g/mol. The highest BCUT2D eigenvalue weighted by Crippen LogP contribution is 2.21. The Morgan fingerprint density at radius 1 is 1.29 bits per heavy atom. The molecule has 0 aliphatic carbocycles. The molecule has 124 valence electrons. The van der Waals surface area contributed by atoms with E-state index in [-0.39, 0.29) is 12.5 Å². The molecule has 24 heavy (non-hydrogen) atoms. The van der Waals surface area contributed by atoms with Crippen molar-refractivity contribution in [1.29, 1.82) is 0 Å². The molecule has 1 amide bonds. The highest BCUT2D eigenvalue weighted by atomic mass is 32.2. The molecular weight excluding hydrogens is 342 g/mol. The van der Waals surface area contributed by atoms with Crippen LogP contribution in [-0.4, -0.2) is 21.8 Å². The Labute approximate surface area is 148 Å². The molecule has 0 saturated heterocycles. The van der Waals surface area contributed by atoms with Gasteiger partial charge >= 0.3 is 0 Å². The van der Waals surface area contributed by atoms with Gasteiger partial charge in [-0.3, -0.25) is 4.79 Å². The van der Waals surface area contributed by atoms with Crippen molar-refractivity contribution >= 4 is 29.0 Å². The number of thiophene rings is 1. The first-order valence-corrected chi connectivity index (χ1v) is 9.51. The number of benzene rings is 1. The Balaban J connectivity index is 1.42. The van der Waals surface area contributed by atoms with Crippen LogP contribution in [0.1, 0.15) is 17.0 Å². The summed E-state index contributed by atoms with van der Waals surface area (Å²) in [4.78, 5) is 17.1. The van der Waals surface area contributed by atoms with E-state index in [4.69, 9.17) is 4.52 Å². The molecule has 0 saturated carbocycles. The lowest BCUT2D eigenvalue weighted by Crippen LogP contribution is -2.24. The number of amides is 1. The SMILES string of the molecule is Cc1ccccc1CSCC(=O)NCc1nc(-c2cccs2)no1. The second-order valence-electron chi connectivity index (χ2n) is 5.19. The van der Waals surface area contributed by atoms with Crippen molar-refractivity contribution in [3.63, 3.8) is 0 Å². The minimum Gasteiger partial charge on any atom is -0.346 e. The van der Waals surface area contributed by atoms with Gasteiger partial charge in [0.2, 0.25) is 17.6 Å². The molecule has 5 nitrogen and oxygen atoms in total. The highest BCUT2D eigenvalue weighted by Gasteiger charge is 2.10. The maximum absolute atomic E-state index is 11.9. The number of hydrogen-bond acceptors (Lipinski definition) is 6. The third-order valence-corrected chi connectivity index (χ3v) is 5.25. The van der Waals surface area contributed by atoms with Gasteiger partial charge in [0.15, 0.2) is 0 Å². The summed E-state index contributed by atoms with van der Waals surface area (Å²) in [7, 11) is 0. The van der Waals surface area contributed by atoms with Crippen LogP contribution in [0.15, 0.2) is 46.3 Å². The van der Waals surface area contributed by atoms with E-state index in [0.29, 0.717) is 17.5 Å². The molecule has 1 N–H and O–H groups in total. The van der Waals surface area contributed by atoms with E-state index in [1.807, 2.05) is 29.6 Å². The van der Waals surface area contributed by atoms with Crippen molar-refractivity contribution in [3.8, 4) is 10.7 Å². The summed E-state index contributed by atoms with van der Waals surface area (Å²) in [6.45, 7) is 2.33. The van der Waals surface area contributed by atoms with Crippen LogP contribution in [0.3, 0.4) is 0 Å². The number of nitrogens with zero attached hydrogens (tertiary/aromatic N) is 2. The topological polar surface area (TPSA) is 68.0 Å². The van der Waals surface area contributed by atoms with Crippen molar-refractivity contribution < 1.29 is 9.32 Å². The number of thioether (sulfide) groups is 1. The Morgan fingerprint density at radius 2 is 2.17 bits per heavy atom. The molecule has 0 unspecified atom stereocenters. The van der Waals surface area contributed by atoms with Crippen molar-refractivity contribution in [1.82, 2.24) is 15.5 Å². The molecule has 0 aliphatic rings. The molecule has 0 aliphatic heterocycles. The summed E-state index contributed by atoms with van der Waals surface area (Å²) in [6.07, 6.45) is 0. The van der Waals surface area contributed by atoms with Crippen molar-refractivity contribution in [2.45, 2.75) is 19.2 Å². The molecule has 0 radical (unpaired) electrons. The lowest BCUT2D eigenvalue weighted by atomic mass is 10.1. The van der Waals surface area contributed by atoms with Crippen molar-refractivity contribution in [3.05, 3.63) is 58.8 Å². The quantitative estimate of drug-likeness (QED) is 0.697. The standard InChI is InChI=1S/C17H17N3O2S2/c1-12-5-2-3-6-13(12)10-23-11-15(21)18-9-16-19-17(20-22-16)14-7-4-8-24-14/h2-8H,9-11H2,1H3,(H,18,21). The van der Waals surface area contributed by atoms with Gasteiger partial charge in [0.1, 0.15) is 0 Å². The second-order valence-corrected chi connectivity index (χ2v) is 7.12. The summed E-state index contributed by atoms with van der Waals surface area (Å²) in [5.74, 6) is 2.16. The van der Waals surface area contributed by atoms with Crippen LogP contribution in [0.4, 0.5) is 0 Å². The first-order chi connectivity index (χ1) is 11.7. The summed E-state index contributed by atoms with van der Waals surface area (Å²) in [5, 5.41) is 8.68. The summed E-state index contributed by atoms with van der Waals surface area (Å²) in [6, 6.07) is 12.1. The highest BCUT2D eigenvalue weighted by molar-refractivity contribution is 7.99. The number of rotatable bonds is 7. The van der Waals surface area contributed by atoms with Crippen molar-refractivity contribution in [2.75, 3.05) is 5.75 Å². The van der Waals surface area contributed by atoms with Crippen molar-refractivity contribution in [2.24, 2.45) is 0 Å². The molecular formula is C17H17N3O2S2. The third kappa shape index (κ3) is 4.46. The molecule has 2 heterocycles. The molecule has 7 heteroatoms. The number of hydrogen-bond donors (Lipinski definition) is 1. The maximum Gasteiger partial charge on any atom is 0.246 e. The van der Waals surface area contributed by atoms with Gasteiger partial charge in [0.25, 0.3) is 0 Å². The zero-order valence-electron chi connectivity index (χ0n) is 13.2. The Kier molecular flexibility index (Phi) is 5.66. The van der Waals surface area contributed by atoms with Crippen LogP contribution in [0.25, 0.3) is 10.7 Å². The fourth-order valence-electron chi connectivity index (χ4n) is 2.08. The lowest BCUT2D eigenvalue weighted by Gasteiger charge is -2.05. The van der Waals surface area contributed by atoms with Crippen LogP contribution in [-0.2, 0) is 17.1 Å². The first-order valence-electron chi connectivity index (χ1n) is 7.48.